The highest BCUT2D eigenvalue weighted by molar-refractivity contribution is 5.23. The van der Waals surface area contributed by atoms with Gasteiger partial charge in [0.1, 0.15) is 12.4 Å². The molecule has 0 atom stereocenters. The van der Waals surface area contributed by atoms with Gasteiger partial charge in [0, 0.05) is 7.05 Å². The Morgan fingerprint density at radius 3 is 2.62 bits per heavy atom. The van der Waals surface area contributed by atoms with Gasteiger partial charge in [0.25, 0.3) is 5.56 Å². The lowest BCUT2D eigenvalue weighted by molar-refractivity contribution is 0.292. The largest absolute Gasteiger partial charge is 0.493 e. The van der Waals surface area contributed by atoms with E-state index in [1.54, 1.807) is 0 Å². The van der Waals surface area contributed by atoms with Crippen LogP contribution in [0.3, 0.4) is 0 Å². The summed E-state index contributed by atoms with van der Waals surface area (Å²) in [6, 6.07) is 10.7. The smallest absolute Gasteiger partial charge is 0.328 e. The molecule has 0 amide bonds. The molecule has 3 aromatic rings. The minimum absolute atomic E-state index is 0.0691. The quantitative estimate of drug-likeness (QED) is 0.637. The highest BCUT2D eigenvalue weighted by Gasteiger charge is 2.12. The molecule has 0 saturated carbocycles. The highest BCUT2D eigenvalue weighted by Crippen LogP contribution is 2.15. The number of nitrogens with zero attached hydrogens (tertiary/aromatic N) is 2. The lowest BCUT2D eigenvalue weighted by Gasteiger charge is -2.06. The topological polar surface area (TPSA) is 113 Å². The molecule has 124 valence electrons. The molecular weight excluding hydrogens is 312 g/mol. The second kappa shape index (κ2) is 6.45. The summed E-state index contributed by atoms with van der Waals surface area (Å²) in [4.78, 5) is 32.5. The zero-order chi connectivity index (χ0) is 17.1. The number of aromatic hydroxyl groups is 1. The van der Waals surface area contributed by atoms with E-state index in [0.717, 1.165) is 10.1 Å². The number of hydrogen-bond acceptors (Lipinski definition) is 5. The van der Waals surface area contributed by atoms with Crippen LogP contribution in [-0.2, 0) is 20.1 Å². The Labute approximate surface area is 136 Å². The van der Waals surface area contributed by atoms with Crippen LogP contribution >= 0.6 is 0 Å². The number of imidazole rings is 1. The Bertz CT molecular complexity index is 956. The molecule has 0 spiro atoms. The summed E-state index contributed by atoms with van der Waals surface area (Å²) in [6.07, 6.45) is 0.0691. The fourth-order valence-electron chi connectivity index (χ4n) is 2.23. The monoisotopic (exact) mass is 328 g/mol. The van der Waals surface area contributed by atoms with Crippen molar-refractivity contribution in [3.05, 3.63) is 74.3 Å². The lowest BCUT2D eigenvalue weighted by Crippen LogP contribution is -2.13. The summed E-state index contributed by atoms with van der Waals surface area (Å²) in [5.74, 6) is 0.260. The molecule has 0 unspecified atom stereocenters. The van der Waals surface area contributed by atoms with E-state index in [-0.39, 0.29) is 41.9 Å². The summed E-state index contributed by atoms with van der Waals surface area (Å²) >= 11 is 0. The molecule has 8 nitrogen and oxygen atoms in total. The minimum Gasteiger partial charge on any atom is -0.493 e. The summed E-state index contributed by atoms with van der Waals surface area (Å²) < 4.78 is 6.61. The molecule has 0 aliphatic heterocycles. The molecule has 0 aliphatic rings. The molecule has 3 N–H and O–H groups in total. The van der Waals surface area contributed by atoms with Gasteiger partial charge in [-0.3, -0.25) is 9.36 Å². The summed E-state index contributed by atoms with van der Waals surface area (Å²) in [7, 11) is 1.44. The normalized spacial score (nSPS) is 10.7. The molecular formula is C16H16N4O4. The van der Waals surface area contributed by atoms with Crippen molar-refractivity contribution in [1.29, 1.82) is 0 Å². The van der Waals surface area contributed by atoms with E-state index >= 15 is 0 Å². The number of aromatic amines is 2. The van der Waals surface area contributed by atoms with Gasteiger partial charge in [-0.15, -0.1) is 0 Å². The fourth-order valence-corrected chi connectivity index (χ4v) is 2.23. The molecule has 2 aromatic heterocycles. The van der Waals surface area contributed by atoms with Crippen molar-refractivity contribution in [2.75, 3.05) is 0 Å². The maximum absolute atomic E-state index is 11.8. The lowest BCUT2D eigenvalue weighted by atomic mass is 10.2. The first-order chi connectivity index (χ1) is 11.5. The third-order valence-electron chi connectivity index (χ3n) is 3.49. The number of rotatable bonds is 5. The predicted octanol–water partition coefficient (Wildman–Crippen LogP) is 0.672. The molecule has 1 aromatic carbocycles. The Balaban J connectivity index is 1.80. The van der Waals surface area contributed by atoms with E-state index in [1.165, 1.54) is 13.1 Å². The van der Waals surface area contributed by atoms with E-state index in [9.17, 15) is 14.7 Å². The third-order valence-corrected chi connectivity index (χ3v) is 3.49. The van der Waals surface area contributed by atoms with Crippen LogP contribution < -0.4 is 16.0 Å². The first-order valence-corrected chi connectivity index (χ1v) is 7.26. The van der Waals surface area contributed by atoms with Crippen molar-refractivity contribution in [3.63, 3.8) is 0 Å². The second-order valence-corrected chi connectivity index (χ2v) is 5.27. The van der Waals surface area contributed by atoms with Gasteiger partial charge >= 0.3 is 5.69 Å². The van der Waals surface area contributed by atoms with Gasteiger partial charge in [-0.25, -0.2) is 4.79 Å². The molecule has 0 fully saturated rings. The van der Waals surface area contributed by atoms with Crippen molar-refractivity contribution >= 4 is 0 Å². The fraction of sp³-hybridized carbons (Fsp3) is 0.188. The van der Waals surface area contributed by atoms with Crippen LogP contribution in [-0.4, -0.2) is 24.6 Å². The van der Waals surface area contributed by atoms with Crippen molar-refractivity contribution in [1.82, 2.24) is 19.5 Å². The molecule has 3 rings (SSSR count). The van der Waals surface area contributed by atoms with Gasteiger partial charge in [0.2, 0.25) is 11.8 Å². The van der Waals surface area contributed by atoms with Crippen LogP contribution in [0.5, 0.6) is 11.8 Å². The highest BCUT2D eigenvalue weighted by atomic mass is 16.5. The van der Waals surface area contributed by atoms with Gasteiger partial charge in [0.05, 0.1) is 18.2 Å². The van der Waals surface area contributed by atoms with Gasteiger partial charge < -0.3 is 19.8 Å². The minimum atomic E-state index is -0.443. The summed E-state index contributed by atoms with van der Waals surface area (Å²) in [5.41, 5.74) is 0.402. The van der Waals surface area contributed by atoms with Gasteiger partial charge in [-0.1, -0.05) is 30.3 Å². The van der Waals surface area contributed by atoms with Crippen molar-refractivity contribution in [3.8, 4) is 11.8 Å². The van der Waals surface area contributed by atoms with Gasteiger partial charge in [-0.2, -0.15) is 4.98 Å². The van der Waals surface area contributed by atoms with E-state index < -0.39 is 5.69 Å². The molecule has 2 heterocycles. The number of H-pyrrole nitrogens is 2. The number of aromatic nitrogens is 4. The van der Waals surface area contributed by atoms with E-state index in [4.69, 9.17) is 4.74 Å². The van der Waals surface area contributed by atoms with E-state index in [2.05, 4.69) is 15.0 Å². The molecule has 24 heavy (non-hydrogen) atoms. The van der Waals surface area contributed by atoms with E-state index in [1.807, 2.05) is 30.3 Å². The average molecular weight is 328 g/mol. The first-order valence-electron chi connectivity index (χ1n) is 7.26. The summed E-state index contributed by atoms with van der Waals surface area (Å²) in [6.45, 7) is 0.282. The molecule has 0 radical (unpaired) electrons. The number of nitrogens with one attached hydrogen (secondary N) is 2. The standard InChI is InChI=1S/C16H16N4O4/c1-20-15(22)11(17-16(20)23)7-12-18-13(21)8-14(19-12)24-9-10-5-3-2-4-6-10/h2-6,8,22H,7,9H2,1H3,(H,17,23)(H,18,19,21). The Hall–Kier alpha value is -3.29. The van der Waals surface area contributed by atoms with Gasteiger partial charge in [-0.05, 0) is 5.56 Å². The van der Waals surface area contributed by atoms with Crippen LogP contribution in [0.25, 0.3) is 0 Å². The zero-order valence-electron chi connectivity index (χ0n) is 12.9. The summed E-state index contributed by atoms with van der Waals surface area (Å²) in [5, 5.41) is 9.85. The Kier molecular flexibility index (Phi) is 4.19. The molecule has 0 saturated heterocycles. The van der Waals surface area contributed by atoms with Crippen LogP contribution in [0.4, 0.5) is 0 Å². The number of benzene rings is 1. The van der Waals surface area contributed by atoms with Crippen molar-refractivity contribution in [2.24, 2.45) is 7.05 Å². The van der Waals surface area contributed by atoms with Crippen molar-refractivity contribution < 1.29 is 9.84 Å². The average Bonchev–Trinajstić information content (AvgIpc) is 2.80. The second-order valence-electron chi connectivity index (χ2n) is 5.27. The molecule has 0 aliphatic carbocycles. The zero-order valence-corrected chi connectivity index (χ0v) is 12.9. The maximum Gasteiger partial charge on any atom is 0.328 e. The Morgan fingerprint density at radius 1 is 1.21 bits per heavy atom. The predicted molar refractivity (Wildman–Crippen MR) is 86.1 cm³/mol. The Morgan fingerprint density at radius 2 is 1.96 bits per heavy atom. The van der Waals surface area contributed by atoms with Gasteiger partial charge in [0.15, 0.2) is 0 Å². The van der Waals surface area contributed by atoms with Crippen LogP contribution in [0.2, 0.25) is 0 Å². The SMILES string of the molecule is Cn1c(O)c(Cc2nc(OCc3ccccc3)cc(=O)[nH]2)[nH]c1=O. The molecule has 8 heteroatoms. The van der Waals surface area contributed by atoms with Crippen molar-refractivity contribution in [2.45, 2.75) is 13.0 Å². The number of hydrogen-bond donors (Lipinski definition) is 3. The number of ether oxygens (including phenoxy) is 1. The maximum atomic E-state index is 11.8. The third kappa shape index (κ3) is 3.37. The molecule has 0 bridgehead atoms. The first kappa shape index (κ1) is 15.6. The van der Waals surface area contributed by atoms with Crippen LogP contribution in [0.15, 0.2) is 46.0 Å². The van der Waals surface area contributed by atoms with E-state index in [0.29, 0.717) is 0 Å². The van der Waals surface area contributed by atoms with Crippen LogP contribution in [0, 0.1) is 0 Å². The van der Waals surface area contributed by atoms with Crippen LogP contribution in [0.1, 0.15) is 17.1 Å².